The van der Waals surface area contributed by atoms with Crippen LogP contribution < -0.4 is 16.4 Å². The van der Waals surface area contributed by atoms with Crippen molar-refractivity contribution in [2.45, 2.75) is 43.4 Å². The van der Waals surface area contributed by atoms with E-state index in [-0.39, 0.29) is 41.7 Å². The third-order valence-corrected chi connectivity index (χ3v) is 9.44. The number of carbonyl (C=O) groups is 4. The molecule has 2 aromatic rings. The Bertz CT molecular complexity index is 1670. The first-order chi connectivity index (χ1) is 20.9. The molecule has 2 aromatic carbocycles. The van der Waals surface area contributed by atoms with Gasteiger partial charge in [0.25, 0.3) is 5.91 Å². The Labute approximate surface area is 252 Å². The van der Waals surface area contributed by atoms with Gasteiger partial charge < -0.3 is 36.8 Å². The molecular formula is C32H34N4O8. The number of nitrogens with two attached hydrogens (primary N) is 1. The standard InChI is InChI=1S/C32H34N4O8/c1-36(2)25-19-13-15-12-18-17(14-5-7-16(8-6-14)35-31(43)20-4-3-11-34-20)9-10-21(37)23(18)26(38)22(15)28(40)32(19,44)29(41)24(27(25)39)30(33)42/h5-10,15,19-20,25,34,37-38,41,44H,3-4,11-13H2,1-2H3,(H2,33,42)(H,35,43)/t15-,19-,20?,25-,32-/m0/s1. The van der Waals surface area contributed by atoms with Crippen LogP contribution in [0.15, 0.2) is 53.3 Å². The molecule has 0 aromatic heterocycles. The summed E-state index contributed by atoms with van der Waals surface area (Å²) < 4.78 is 0. The number of rotatable bonds is 5. The molecule has 3 aliphatic carbocycles. The molecule has 44 heavy (non-hydrogen) atoms. The number of hydrogen-bond donors (Lipinski definition) is 7. The van der Waals surface area contributed by atoms with Crippen LogP contribution in [0.1, 0.15) is 30.4 Å². The lowest BCUT2D eigenvalue weighted by Gasteiger charge is -2.50. The van der Waals surface area contributed by atoms with Crippen LogP contribution >= 0.6 is 0 Å². The Morgan fingerprint density at radius 2 is 1.77 bits per heavy atom. The summed E-state index contributed by atoms with van der Waals surface area (Å²) in [6.07, 6.45) is 1.89. The minimum absolute atomic E-state index is 0.00102. The van der Waals surface area contributed by atoms with Crippen LogP contribution in [0, 0.1) is 11.8 Å². The number of hydrogen-bond acceptors (Lipinski definition) is 10. The molecule has 1 saturated heterocycles. The number of nitrogens with zero attached hydrogens (tertiary/aromatic N) is 1. The van der Waals surface area contributed by atoms with Gasteiger partial charge in [0, 0.05) is 17.2 Å². The van der Waals surface area contributed by atoms with Gasteiger partial charge in [0.15, 0.2) is 11.4 Å². The maximum atomic E-state index is 14.0. The van der Waals surface area contributed by atoms with Crippen molar-refractivity contribution in [1.82, 2.24) is 10.2 Å². The van der Waals surface area contributed by atoms with E-state index in [2.05, 4.69) is 10.6 Å². The first-order valence-electron chi connectivity index (χ1n) is 14.5. The number of fused-ring (bicyclic) bond motifs is 3. The molecule has 1 saturated carbocycles. The van der Waals surface area contributed by atoms with Gasteiger partial charge >= 0.3 is 0 Å². The van der Waals surface area contributed by atoms with Gasteiger partial charge in [-0.05, 0) is 87.1 Å². The van der Waals surface area contributed by atoms with E-state index < -0.39 is 58.0 Å². The summed E-state index contributed by atoms with van der Waals surface area (Å²) in [6, 6.07) is 8.84. The number of anilines is 1. The molecule has 230 valence electrons. The second kappa shape index (κ2) is 10.6. The van der Waals surface area contributed by atoms with Crippen molar-refractivity contribution in [3.8, 4) is 16.9 Å². The van der Waals surface area contributed by atoms with Crippen LogP contribution in [0.25, 0.3) is 16.9 Å². The number of Topliss-reactive ketones (excluding diaryl/α,β-unsaturated/α-hetero) is 2. The zero-order valence-corrected chi connectivity index (χ0v) is 24.3. The molecule has 2 fully saturated rings. The first kappa shape index (κ1) is 29.5. The minimum atomic E-state index is -2.69. The molecule has 1 heterocycles. The molecule has 12 heteroatoms. The Balaban J connectivity index is 1.41. The second-order valence-electron chi connectivity index (χ2n) is 12.2. The zero-order valence-electron chi connectivity index (χ0n) is 24.3. The molecule has 12 nitrogen and oxygen atoms in total. The number of phenolic OH excluding ortho intramolecular Hbond substituents is 1. The maximum absolute atomic E-state index is 14.0. The van der Waals surface area contributed by atoms with Gasteiger partial charge in [0.2, 0.25) is 11.7 Å². The number of carbonyl (C=O) groups excluding carboxylic acids is 4. The Morgan fingerprint density at radius 3 is 2.39 bits per heavy atom. The van der Waals surface area contributed by atoms with E-state index in [1.54, 1.807) is 32.3 Å². The van der Waals surface area contributed by atoms with E-state index >= 15 is 0 Å². The number of likely N-dealkylation sites (N-methyl/N-ethyl adjacent to an activating group) is 1. The fourth-order valence-corrected chi connectivity index (χ4v) is 7.39. The summed E-state index contributed by atoms with van der Waals surface area (Å²) in [5.41, 5.74) is 4.23. The number of aromatic hydroxyl groups is 1. The molecule has 8 N–H and O–H groups in total. The van der Waals surface area contributed by atoms with Crippen LogP contribution in [-0.4, -0.2) is 87.0 Å². The van der Waals surface area contributed by atoms with Gasteiger partial charge in [0.05, 0.1) is 17.6 Å². The van der Waals surface area contributed by atoms with Crippen molar-refractivity contribution in [2.24, 2.45) is 17.6 Å². The number of ketones is 2. The Kier molecular flexibility index (Phi) is 7.10. The summed E-state index contributed by atoms with van der Waals surface area (Å²) in [5, 5.41) is 51.1. The van der Waals surface area contributed by atoms with Gasteiger partial charge in [-0.15, -0.1) is 0 Å². The van der Waals surface area contributed by atoms with Gasteiger partial charge in [0.1, 0.15) is 22.8 Å². The zero-order chi connectivity index (χ0) is 31.7. The summed E-state index contributed by atoms with van der Waals surface area (Å²) in [5.74, 6) is -7.04. The number of primary amides is 1. The predicted octanol–water partition coefficient (Wildman–Crippen LogP) is 1.32. The van der Waals surface area contributed by atoms with Crippen molar-refractivity contribution in [1.29, 1.82) is 0 Å². The van der Waals surface area contributed by atoms with Gasteiger partial charge in [-0.1, -0.05) is 18.2 Å². The Hall–Kier alpha value is -4.52. The summed E-state index contributed by atoms with van der Waals surface area (Å²) >= 11 is 0. The topological polar surface area (TPSA) is 203 Å². The monoisotopic (exact) mass is 602 g/mol. The number of amides is 2. The first-order valence-corrected chi connectivity index (χ1v) is 14.5. The molecule has 0 radical (unpaired) electrons. The van der Waals surface area contributed by atoms with E-state index in [0.717, 1.165) is 24.9 Å². The quantitative estimate of drug-likeness (QED) is 0.245. The summed E-state index contributed by atoms with van der Waals surface area (Å²) in [6.45, 7) is 0.803. The van der Waals surface area contributed by atoms with Crippen molar-refractivity contribution >= 4 is 34.8 Å². The smallest absolute Gasteiger partial charge is 0.255 e. The molecule has 1 unspecified atom stereocenters. The fraction of sp³-hybridized carbons (Fsp3) is 0.375. The van der Waals surface area contributed by atoms with Crippen LogP contribution in [0.4, 0.5) is 5.69 Å². The lowest BCUT2D eigenvalue weighted by atomic mass is 9.57. The van der Waals surface area contributed by atoms with Crippen LogP contribution in [0.3, 0.4) is 0 Å². The highest BCUT2D eigenvalue weighted by Crippen LogP contribution is 2.53. The molecule has 6 rings (SSSR count). The number of nitrogens with one attached hydrogen (secondary N) is 2. The number of phenols is 1. The third kappa shape index (κ3) is 4.32. The molecule has 0 spiro atoms. The van der Waals surface area contributed by atoms with Gasteiger partial charge in [-0.25, -0.2) is 0 Å². The largest absolute Gasteiger partial charge is 0.508 e. The van der Waals surface area contributed by atoms with Crippen molar-refractivity contribution < 1.29 is 39.6 Å². The van der Waals surface area contributed by atoms with E-state index in [9.17, 15) is 39.6 Å². The molecular weight excluding hydrogens is 568 g/mol. The second-order valence-corrected chi connectivity index (χ2v) is 12.2. The van der Waals surface area contributed by atoms with Crippen molar-refractivity contribution in [3.05, 3.63) is 64.4 Å². The van der Waals surface area contributed by atoms with E-state index in [4.69, 9.17) is 5.73 Å². The normalized spacial score (nSPS) is 28.1. The lowest BCUT2D eigenvalue weighted by molar-refractivity contribution is -0.153. The highest BCUT2D eigenvalue weighted by atomic mass is 16.3. The summed E-state index contributed by atoms with van der Waals surface area (Å²) in [4.78, 5) is 53.5. The molecule has 2 amide bonds. The molecule has 5 atom stereocenters. The number of benzene rings is 2. The predicted molar refractivity (Wildman–Crippen MR) is 159 cm³/mol. The van der Waals surface area contributed by atoms with E-state index in [1.807, 2.05) is 12.1 Å². The van der Waals surface area contributed by atoms with Crippen molar-refractivity contribution in [2.75, 3.05) is 26.0 Å². The van der Waals surface area contributed by atoms with E-state index in [1.165, 1.54) is 11.0 Å². The maximum Gasteiger partial charge on any atom is 0.255 e. The summed E-state index contributed by atoms with van der Waals surface area (Å²) in [7, 11) is 3.11. The fourth-order valence-electron chi connectivity index (χ4n) is 7.39. The number of aliphatic hydroxyl groups is 3. The number of aliphatic hydroxyl groups excluding tert-OH is 2. The average molecular weight is 603 g/mol. The van der Waals surface area contributed by atoms with Crippen LogP contribution in [0.2, 0.25) is 0 Å². The highest BCUT2D eigenvalue weighted by molar-refractivity contribution is 6.24. The van der Waals surface area contributed by atoms with Crippen LogP contribution in [-0.2, 0) is 25.6 Å². The van der Waals surface area contributed by atoms with Gasteiger partial charge in [-0.3, -0.25) is 24.1 Å². The lowest BCUT2D eigenvalue weighted by Crippen LogP contribution is -2.65. The SMILES string of the molecule is CN(C)[C@@H]1C(=O)C(C(N)=O)=C(O)[C@@]2(O)C(=O)C3=C(O)c4c(O)ccc(-c5ccc(NC(=O)C6CCCN6)cc5)c4C[C@H]3C[C@@H]12. The van der Waals surface area contributed by atoms with E-state index in [0.29, 0.717) is 16.8 Å². The molecule has 1 aliphatic heterocycles. The Morgan fingerprint density at radius 1 is 1.07 bits per heavy atom. The minimum Gasteiger partial charge on any atom is -0.508 e. The van der Waals surface area contributed by atoms with Crippen LogP contribution in [0.5, 0.6) is 5.75 Å². The van der Waals surface area contributed by atoms with Gasteiger partial charge in [-0.2, -0.15) is 0 Å². The highest BCUT2D eigenvalue weighted by Gasteiger charge is 2.64. The third-order valence-electron chi connectivity index (χ3n) is 9.44. The molecule has 0 bridgehead atoms. The molecule has 4 aliphatic rings. The van der Waals surface area contributed by atoms with Crippen molar-refractivity contribution in [3.63, 3.8) is 0 Å². The average Bonchev–Trinajstić information content (AvgIpc) is 3.51.